The molecule has 3 rings (SSSR count). The molecule has 0 N–H and O–H groups in total. The molecule has 0 unspecified atom stereocenters. The van der Waals surface area contributed by atoms with Gasteiger partial charge >= 0.3 is 7.60 Å². The number of hydrogen-bond donors (Lipinski definition) is 0. The summed E-state index contributed by atoms with van der Waals surface area (Å²) in [7, 11) is -2.59. The molecule has 0 saturated carbocycles. The molecule has 3 aromatic rings. The molecule has 28 heavy (non-hydrogen) atoms. The van der Waals surface area contributed by atoms with Gasteiger partial charge in [-0.1, -0.05) is 72.8 Å². The fourth-order valence-corrected chi connectivity index (χ4v) is 3.94. The molecule has 0 heterocycles. The highest BCUT2D eigenvalue weighted by molar-refractivity contribution is 7.72. The van der Waals surface area contributed by atoms with Crippen LogP contribution in [-0.2, 0) is 26.8 Å². The molecular formula is C22H21O5P. The van der Waals surface area contributed by atoms with Crippen LogP contribution in [0.1, 0.15) is 21.5 Å². The summed E-state index contributed by atoms with van der Waals surface area (Å²) in [5, 5.41) is 0. The Balaban J connectivity index is 1.83. The number of ether oxygens (including phenoxy) is 1. The van der Waals surface area contributed by atoms with Crippen LogP contribution in [0.2, 0.25) is 0 Å². The number of carbonyl (C=O) groups is 1. The lowest BCUT2D eigenvalue weighted by molar-refractivity contribution is 0.0982. The summed E-state index contributed by atoms with van der Waals surface area (Å²) in [5.74, 6) is 0.489. The molecule has 0 spiro atoms. The third kappa shape index (κ3) is 5.17. The van der Waals surface area contributed by atoms with Gasteiger partial charge in [0.1, 0.15) is 5.75 Å². The molecule has 0 aliphatic carbocycles. The van der Waals surface area contributed by atoms with Crippen molar-refractivity contribution >= 4 is 13.1 Å². The Morgan fingerprint density at radius 2 is 1.32 bits per heavy atom. The van der Waals surface area contributed by atoms with Gasteiger partial charge in [-0.25, -0.2) is 0 Å². The van der Waals surface area contributed by atoms with Crippen molar-refractivity contribution in [3.63, 3.8) is 0 Å². The standard InChI is InChI=1S/C22H21O5P/c1-25-21-14-8-13-20(15-21)22(23)28(24,26-16-18-9-4-2-5-10-18)27-17-19-11-6-3-7-12-19/h2-15H,16-17H2,1H3. The van der Waals surface area contributed by atoms with Gasteiger partial charge in [0.05, 0.1) is 20.3 Å². The van der Waals surface area contributed by atoms with Crippen molar-refractivity contribution in [3.05, 3.63) is 102 Å². The zero-order valence-corrected chi connectivity index (χ0v) is 16.4. The number of benzene rings is 3. The van der Waals surface area contributed by atoms with Crippen molar-refractivity contribution in [2.24, 2.45) is 0 Å². The van der Waals surface area contributed by atoms with Gasteiger partial charge in [0.15, 0.2) is 0 Å². The van der Waals surface area contributed by atoms with Gasteiger partial charge in [-0.05, 0) is 23.3 Å². The van der Waals surface area contributed by atoms with Crippen LogP contribution < -0.4 is 4.74 Å². The lowest BCUT2D eigenvalue weighted by Crippen LogP contribution is -2.08. The third-order valence-electron chi connectivity index (χ3n) is 4.05. The summed E-state index contributed by atoms with van der Waals surface area (Å²) < 4.78 is 29.7. The average molecular weight is 396 g/mol. The maximum atomic E-state index is 13.4. The van der Waals surface area contributed by atoms with Crippen molar-refractivity contribution in [1.29, 1.82) is 0 Å². The molecule has 6 heteroatoms. The van der Waals surface area contributed by atoms with Crippen LogP contribution in [-0.4, -0.2) is 12.6 Å². The average Bonchev–Trinajstić information content (AvgIpc) is 2.77. The first-order valence-electron chi connectivity index (χ1n) is 8.77. The maximum Gasteiger partial charge on any atom is 0.402 e. The molecular weight excluding hydrogens is 375 g/mol. The zero-order valence-electron chi connectivity index (χ0n) is 15.5. The molecule has 0 amide bonds. The number of hydrogen-bond acceptors (Lipinski definition) is 5. The second-order valence-electron chi connectivity index (χ2n) is 6.05. The van der Waals surface area contributed by atoms with Crippen LogP contribution in [0.25, 0.3) is 0 Å². The topological polar surface area (TPSA) is 61.8 Å². The molecule has 0 fully saturated rings. The minimum Gasteiger partial charge on any atom is -0.497 e. The van der Waals surface area contributed by atoms with E-state index in [0.717, 1.165) is 11.1 Å². The van der Waals surface area contributed by atoms with Crippen molar-refractivity contribution in [3.8, 4) is 5.75 Å². The Kier molecular flexibility index (Phi) is 6.77. The molecule has 0 bridgehead atoms. The minimum absolute atomic E-state index is 0.00260. The summed E-state index contributed by atoms with van der Waals surface area (Å²) >= 11 is 0. The van der Waals surface area contributed by atoms with Crippen LogP contribution in [0.3, 0.4) is 0 Å². The van der Waals surface area contributed by atoms with Gasteiger partial charge in [-0.2, -0.15) is 0 Å². The van der Waals surface area contributed by atoms with Gasteiger partial charge < -0.3 is 4.74 Å². The highest BCUT2D eigenvalue weighted by Crippen LogP contribution is 2.52. The Hall–Kier alpha value is -2.72. The monoisotopic (exact) mass is 396 g/mol. The van der Waals surface area contributed by atoms with Gasteiger partial charge in [0.25, 0.3) is 5.52 Å². The van der Waals surface area contributed by atoms with Crippen molar-refractivity contribution in [1.82, 2.24) is 0 Å². The fourth-order valence-electron chi connectivity index (χ4n) is 2.54. The molecule has 3 aromatic carbocycles. The van der Waals surface area contributed by atoms with Gasteiger partial charge in [0.2, 0.25) is 0 Å². The number of rotatable bonds is 9. The minimum atomic E-state index is -4.09. The molecule has 0 radical (unpaired) electrons. The van der Waals surface area contributed by atoms with Crippen molar-refractivity contribution in [2.45, 2.75) is 13.2 Å². The smallest absolute Gasteiger partial charge is 0.402 e. The number of methoxy groups -OCH3 is 1. The van der Waals surface area contributed by atoms with Crippen LogP contribution >= 0.6 is 7.60 Å². The summed E-state index contributed by atoms with van der Waals surface area (Å²) in [4.78, 5) is 13.0. The van der Waals surface area contributed by atoms with E-state index in [0.29, 0.717) is 5.75 Å². The number of carbonyl (C=O) groups excluding carboxylic acids is 1. The van der Waals surface area contributed by atoms with Crippen LogP contribution in [0.4, 0.5) is 0 Å². The van der Waals surface area contributed by atoms with Crippen LogP contribution in [0.5, 0.6) is 5.75 Å². The van der Waals surface area contributed by atoms with E-state index in [2.05, 4.69) is 0 Å². The largest absolute Gasteiger partial charge is 0.497 e. The highest BCUT2D eigenvalue weighted by Gasteiger charge is 2.36. The van der Waals surface area contributed by atoms with E-state index in [4.69, 9.17) is 13.8 Å². The second-order valence-corrected chi connectivity index (χ2v) is 7.97. The van der Waals surface area contributed by atoms with Gasteiger partial charge in [0, 0.05) is 5.56 Å². The first-order chi connectivity index (χ1) is 13.6. The van der Waals surface area contributed by atoms with E-state index in [-0.39, 0.29) is 18.8 Å². The Morgan fingerprint density at radius 3 is 1.82 bits per heavy atom. The molecule has 144 valence electrons. The first-order valence-corrected chi connectivity index (χ1v) is 10.3. The van der Waals surface area contributed by atoms with E-state index in [9.17, 15) is 9.36 Å². The normalized spacial score (nSPS) is 11.2. The van der Waals surface area contributed by atoms with Gasteiger partial charge in [-0.3, -0.25) is 18.4 Å². The summed E-state index contributed by atoms with van der Waals surface area (Å²) in [6, 6.07) is 24.9. The SMILES string of the molecule is COc1cccc(C(=O)P(=O)(OCc2ccccc2)OCc2ccccc2)c1. The van der Waals surface area contributed by atoms with Crippen LogP contribution in [0, 0.1) is 0 Å². The van der Waals surface area contributed by atoms with E-state index < -0.39 is 13.1 Å². The fraction of sp³-hybridized carbons (Fsp3) is 0.136. The molecule has 5 nitrogen and oxygen atoms in total. The second kappa shape index (κ2) is 9.47. The summed E-state index contributed by atoms with van der Waals surface area (Å²) in [6.07, 6.45) is 0. The quantitative estimate of drug-likeness (QED) is 0.449. The van der Waals surface area contributed by atoms with E-state index in [1.165, 1.54) is 13.2 Å². The third-order valence-corrected chi connectivity index (χ3v) is 5.75. The maximum absolute atomic E-state index is 13.4. The predicted octanol–water partition coefficient (Wildman–Crippen LogP) is 5.46. The lowest BCUT2D eigenvalue weighted by atomic mass is 10.2. The Morgan fingerprint density at radius 1 is 0.786 bits per heavy atom. The predicted molar refractivity (Wildman–Crippen MR) is 107 cm³/mol. The van der Waals surface area contributed by atoms with Gasteiger partial charge in [-0.15, -0.1) is 0 Å². The molecule has 0 atom stereocenters. The molecule has 0 aliphatic heterocycles. The Bertz CT molecular complexity index is 909. The molecule has 0 aliphatic rings. The van der Waals surface area contributed by atoms with E-state index >= 15 is 0 Å². The Labute approximate surface area is 164 Å². The highest BCUT2D eigenvalue weighted by atomic mass is 31.2. The van der Waals surface area contributed by atoms with E-state index in [1.54, 1.807) is 18.2 Å². The van der Waals surface area contributed by atoms with Crippen molar-refractivity contribution in [2.75, 3.05) is 7.11 Å². The molecule has 0 saturated heterocycles. The summed E-state index contributed by atoms with van der Waals surface area (Å²) in [6.45, 7) is 0.00519. The summed E-state index contributed by atoms with van der Waals surface area (Å²) in [5.41, 5.74) is 1.11. The molecule has 0 aromatic heterocycles. The van der Waals surface area contributed by atoms with Crippen molar-refractivity contribution < 1.29 is 23.1 Å². The lowest BCUT2D eigenvalue weighted by Gasteiger charge is -2.18. The first kappa shape index (κ1) is 20.0. The zero-order chi connectivity index (χ0) is 19.8. The van der Waals surface area contributed by atoms with Crippen LogP contribution in [0.15, 0.2) is 84.9 Å². The van der Waals surface area contributed by atoms with E-state index in [1.807, 2.05) is 60.7 Å².